The van der Waals surface area contributed by atoms with E-state index in [0.29, 0.717) is 16.8 Å². The number of carbonyl (C=O) groups excluding carboxylic acids is 1. The first-order valence-electron chi connectivity index (χ1n) is 7.93. The minimum atomic E-state index is 0.0745. The van der Waals surface area contributed by atoms with Gasteiger partial charge in [0.1, 0.15) is 5.69 Å². The Hall–Kier alpha value is -1.00. The molecule has 1 N–H and O–H groups in total. The molecule has 0 bridgehead atoms. The number of rotatable bonds is 5. The summed E-state index contributed by atoms with van der Waals surface area (Å²) in [5.74, 6) is 0.0745. The number of aromatic nitrogens is 1. The molecule has 0 spiro atoms. The zero-order valence-corrected chi connectivity index (χ0v) is 14.0. The van der Waals surface area contributed by atoms with Crippen molar-refractivity contribution in [1.29, 1.82) is 0 Å². The Morgan fingerprint density at radius 3 is 2.86 bits per heavy atom. The number of likely N-dealkylation sites (N-methyl/N-ethyl adjacent to an activating group) is 1. The van der Waals surface area contributed by atoms with Crippen LogP contribution in [0.25, 0.3) is 0 Å². The van der Waals surface area contributed by atoms with Crippen molar-refractivity contribution in [2.24, 2.45) is 0 Å². The average Bonchev–Trinajstić information content (AvgIpc) is 2.87. The van der Waals surface area contributed by atoms with Gasteiger partial charge in [0, 0.05) is 31.4 Å². The van der Waals surface area contributed by atoms with Crippen LogP contribution in [0.2, 0.25) is 5.02 Å². The molecule has 118 valence electrons. The van der Waals surface area contributed by atoms with Gasteiger partial charge in [0.25, 0.3) is 5.91 Å². The number of carbonyl (C=O) groups is 1. The normalized spacial score (nSPS) is 19.0. The van der Waals surface area contributed by atoms with Crippen LogP contribution in [0.3, 0.4) is 0 Å². The Kier molecular flexibility index (Phi) is 5.71. The molecule has 0 radical (unpaired) electrons. The molecular weight excluding hydrogens is 286 g/mol. The van der Waals surface area contributed by atoms with Crippen LogP contribution in [0.1, 0.15) is 56.6 Å². The molecular formula is C16H26ClN3O. The predicted octanol–water partition coefficient (Wildman–Crippen LogP) is 3.33. The third-order valence-electron chi connectivity index (χ3n) is 4.11. The lowest BCUT2D eigenvalue weighted by Crippen LogP contribution is -2.46. The summed E-state index contributed by atoms with van der Waals surface area (Å²) in [5, 5.41) is 4.13. The third kappa shape index (κ3) is 4.01. The van der Waals surface area contributed by atoms with Crippen LogP contribution in [-0.4, -0.2) is 41.1 Å². The molecule has 2 rings (SSSR count). The van der Waals surface area contributed by atoms with E-state index in [1.807, 2.05) is 22.6 Å². The lowest BCUT2D eigenvalue weighted by Gasteiger charge is -2.30. The maximum absolute atomic E-state index is 12.8. The van der Waals surface area contributed by atoms with Crippen molar-refractivity contribution in [3.63, 3.8) is 0 Å². The number of hydrogen-bond donors (Lipinski definition) is 1. The van der Waals surface area contributed by atoms with Crippen LogP contribution >= 0.6 is 11.6 Å². The first kappa shape index (κ1) is 16.4. The zero-order chi connectivity index (χ0) is 15.4. The monoisotopic (exact) mass is 311 g/mol. The second kappa shape index (κ2) is 7.32. The Morgan fingerprint density at radius 1 is 1.52 bits per heavy atom. The van der Waals surface area contributed by atoms with E-state index in [-0.39, 0.29) is 11.9 Å². The molecule has 1 fully saturated rings. The maximum atomic E-state index is 12.8. The number of piperidine rings is 1. The second-order valence-corrected chi connectivity index (χ2v) is 6.47. The number of hydrogen-bond acceptors (Lipinski definition) is 2. The summed E-state index contributed by atoms with van der Waals surface area (Å²) in [4.78, 5) is 14.7. The topological polar surface area (TPSA) is 37.3 Å². The van der Waals surface area contributed by atoms with E-state index in [9.17, 15) is 4.79 Å². The molecule has 2 heterocycles. The highest BCUT2D eigenvalue weighted by Gasteiger charge is 2.23. The van der Waals surface area contributed by atoms with Gasteiger partial charge in [-0.15, -0.1) is 0 Å². The zero-order valence-electron chi connectivity index (χ0n) is 13.2. The molecule has 0 saturated carbocycles. The van der Waals surface area contributed by atoms with Crippen molar-refractivity contribution in [3.8, 4) is 0 Å². The van der Waals surface area contributed by atoms with Crippen LogP contribution in [0.5, 0.6) is 0 Å². The summed E-state index contributed by atoms with van der Waals surface area (Å²) in [6.45, 7) is 8.71. The molecule has 1 saturated heterocycles. The Morgan fingerprint density at radius 2 is 2.29 bits per heavy atom. The SMILES string of the molecule is CCN(CC1CCCCN1)C(=O)c1cc(Cl)cn1C(C)C. The standard InChI is InChI=1S/C16H26ClN3O/c1-4-19(11-14-7-5-6-8-18-14)16(21)15-9-13(17)10-20(15)12(2)3/h9-10,12,14,18H,4-8,11H2,1-3H3. The van der Waals surface area contributed by atoms with E-state index in [0.717, 1.165) is 26.1 Å². The van der Waals surface area contributed by atoms with Crippen LogP contribution in [0.4, 0.5) is 0 Å². The molecule has 1 aromatic heterocycles. The highest BCUT2D eigenvalue weighted by Crippen LogP contribution is 2.21. The Bertz CT molecular complexity index is 478. The number of halogens is 1. The first-order valence-corrected chi connectivity index (χ1v) is 8.30. The van der Waals surface area contributed by atoms with Gasteiger partial charge in [-0.05, 0) is 46.2 Å². The van der Waals surface area contributed by atoms with E-state index in [4.69, 9.17) is 11.6 Å². The highest BCUT2D eigenvalue weighted by atomic mass is 35.5. The average molecular weight is 312 g/mol. The molecule has 1 aromatic rings. The van der Waals surface area contributed by atoms with Gasteiger partial charge in [-0.1, -0.05) is 18.0 Å². The fraction of sp³-hybridized carbons (Fsp3) is 0.688. The molecule has 5 heteroatoms. The number of nitrogens with zero attached hydrogens (tertiary/aromatic N) is 2. The van der Waals surface area contributed by atoms with Gasteiger partial charge in [-0.3, -0.25) is 4.79 Å². The molecule has 0 aromatic carbocycles. The minimum absolute atomic E-state index is 0.0745. The van der Waals surface area contributed by atoms with E-state index in [1.165, 1.54) is 12.8 Å². The van der Waals surface area contributed by atoms with Crippen LogP contribution < -0.4 is 5.32 Å². The quantitative estimate of drug-likeness (QED) is 0.905. The summed E-state index contributed by atoms with van der Waals surface area (Å²) in [6.07, 6.45) is 5.47. The fourth-order valence-corrected chi connectivity index (χ4v) is 3.12. The van der Waals surface area contributed by atoms with E-state index >= 15 is 0 Å². The number of amides is 1. The Balaban J connectivity index is 2.12. The van der Waals surface area contributed by atoms with Gasteiger partial charge < -0.3 is 14.8 Å². The second-order valence-electron chi connectivity index (χ2n) is 6.04. The van der Waals surface area contributed by atoms with Crippen molar-refractivity contribution >= 4 is 17.5 Å². The van der Waals surface area contributed by atoms with Gasteiger partial charge in [0.15, 0.2) is 0 Å². The molecule has 0 aliphatic carbocycles. The van der Waals surface area contributed by atoms with Gasteiger partial charge in [0.05, 0.1) is 5.02 Å². The van der Waals surface area contributed by atoms with E-state index in [2.05, 4.69) is 19.2 Å². The minimum Gasteiger partial charge on any atom is -0.339 e. The molecule has 1 aliphatic rings. The smallest absolute Gasteiger partial charge is 0.270 e. The summed E-state index contributed by atoms with van der Waals surface area (Å²) < 4.78 is 1.96. The van der Waals surface area contributed by atoms with Crippen LogP contribution in [-0.2, 0) is 0 Å². The van der Waals surface area contributed by atoms with Crippen LogP contribution in [0, 0.1) is 0 Å². The summed E-state index contributed by atoms with van der Waals surface area (Å²) in [5.41, 5.74) is 0.688. The summed E-state index contributed by atoms with van der Waals surface area (Å²) >= 11 is 6.09. The summed E-state index contributed by atoms with van der Waals surface area (Å²) in [7, 11) is 0. The molecule has 1 aliphatic heterocycles. The summed E-state index contributed by atoms with van der Waals surface area (Å²) in [6, 6.07) is 2.42. The van der Waals surface area contributed by atoms with Crippen molar-refractivity contribution < 1.29 is 4.79 Å². The van der Waals surface area contributed by atoms with Gasteiger partial charge in [0.2, 0.25) is 0 Å². The van der Waals surface area contributed by atoms with E-state index < -0.39 is 0 Å². The van der Waals surface area contributed by atoms with Crippen molar-refractivity contribution in [2.45, 2.75) is 52.1 Å². The fourth-order valence-electron chi connectivity index (χ4n) is 2.91. The largest absolute Gasteiger partial charge is 0.339 e. The highest BCUT2D eigenvalue weighted by molar-refractivity contribution is 6.31. The maximum Gasteiger partial charge on any atom is 0.270 e. The predicted molar refractivity (Wildman–Crippen MR) is 87.0 cm³/mol. The third-order valence-corrected chi connectivity index (χ3v) is 4.32. The molecule has 1 unspecified atom stereocenters. The van der Waals surface area contributed by atoms with Gasteiger partial charge >= 0.3 is 0 Å². The number of nitrogens with one attached hydrogen (secondary N) is 1. The van der Waals surface area contributed by atoms with Gasteiger partial charge in [-0.2, -0.15) is 0 Å². The molecule has 4 nitrogen and oxygen atoms in total. The van der Waals surface area contributed by atoms with Crippen molar-refractivity contribution in [2.75, 3.05) is 19.6 Å². The first-order chi connectivity index (χ1) is 10.0. The van der Waals surface area contributed by atoms with Gasteiger partial charge in [-0.25, -0.2) is 0 Å². The van der Waals surface area contributed by atoms with Crippen molar-refractivity contribution in [1.82, 2.24) is 14.8 Å². The Labute approximate surface area is 132 Å². The van der Waals surface area contributed by atoms with Crippen molar-refractivity contribution in [3.05, 3.63) is 23.0 Å². The molecule has 1 atom stereocenters. The lowest BCUT2D eigenvalue weighted by molar-refractivity contribution is 0.0729. The lowest BCUT2D eigenvalue weighted by atomic mass is 10.0. The molecule has 21 heavy (non-hydrogen) atoms. The van der Waals surface area contributed by atoms with E-state index in [1.54, 1.807) is 6.07 Å². The van der Waals surface area contributed by atoms with Crippen LogP contribution in [0.15, 0.2) is 12.3 Å². The molecule has 1 amide bonds.